The van der Waals surface area contributed by atoms with Gasteiger partial charge in [0.25, 0.3) is 0 Å². The lowest BCUT2D eigenvalue weighted by molar-refractivity contribution is 0.541. The Labute approximate surface area is 64.4 Å². The Bertz CT molecular complexity index is 219. The number of H-pyrrole nitrogens is 1. The molecule has 0 aromatic carbocycles. The molecule has 0 amide bonds. The summed E-state index contributed by atoms with van der Waals surface area (Å²) in [4.78, 5) is 7.15. The molecular formula is C6H11N5. The minimum absolute atomic E-state index is 0.0325. The summed E-state index contributed by atoms with van der Waals surface area (Å²) < 4.78 is 0. The summed E-state index contributed by atoms with van der Waals surface area (Å²) in [6.07, 6.45) is 4.44. The molecule has 0 aliphatic carbocycles. The molecule has 0 bridgehead atoms. The molecular weight excluding hydrogens is 142 g/mol. The van der Waals surface area contributed by atoms with E-state index >= 15 is 0 Å². The van der Waals surface area contributed by atoms with E-state index in [4.69, 9.17) is 5.73 Å². The van der Waals surface area contributed by atoms with Gasteiger partial charge in [-0.1, -0.05) is 0 Å². The SMILES string of the molecule is NC1CC(c2ncc[nH]2)NN1. The number of aromatic nitrogens is 2. The van der Waals surface area contributed by atoms with Gasteiger partial charge in [0.2, 0.25) is 0 Å². The number of hydrogen-bond acceptors (Lipinski definition) is 4. The molecule has 5 N–H and O–H groups in total. The van der Waals surface area contributed by atoms with Crippen LogP contribution in [0.2, 0.25) is 0 Å². The molecule has 11 heavy (non-hydrogen) atoms. The van der Waals surface area contributed by atoms with E-state index in [2.05, 4.69) is 20.8 Å². The van der Waals surface area contributed by atoms with E-state index in [-0.39, 0.29) is 12.2 Å². The zero-order valence-corrected chi connectivity index (χ0v) is 6.04. The number of hydrogen-bond donors (Lipinski definition) is 4. The third-order valence-electron chi connectivity index (χ3n) is 1.78. The fourth-order valence-electron chi connectivity index (χ4n) is 1.23. The third kappa shape index (κ3) is 1.25. The van der Waals surface area contributed by atoms with Gasteiger partial charge in [-0.25, -0.2) is 15.8 Å². The first-order valence-corrected chi connectivity index (χ1v) is 3.62. The first kappa shape index (κ1) is 6.78. The van der Waals surface area contributed by atoms with Gasteiger partial charge >= 0.3 is 0 Å². The van der Waals surface area contributed by atoms with E-state index in [1.165, 1.54) is 0 Å². The minimum atomic E-state index is 0.0325. The topological polar surface area (TPSA) is 78.8 Å². The fraction of sp³-hybridized carbons (Fsp3) is 0.500. The molecule has 2 rings (SSSR count). The van der Waals surface area contributed by atoms with Gasteiger partial charge in [0.05, 0.1) is 12.2 Å². The quantitative estimate of drug-likeness (QED) is 0.427. The summed E-state index contributed by atoms with van der Waals surface area (Å²) in [7, 11) is 0. The molecule has 1 fully saturated rings. The number of hydrazine groups is 1. The molecule has 1 aliphatic rings. The van der Waals surface area contributed by atoms with Crippen molar-refractivity contribution in [1.82, 2.24) is 20.8 Å². The maximum absolute atomic E-state index is 5.62. The largest absolute Gasteiger partial charge is 0.347 e. The summed E-state index contributed by atoms with van der Waals surface area (Å²) in [5.41, 5.74) is 11.6. The average molecular weight is 153 g/mol. The number of imidazole rings is 1. The molecule has 2 atom stereocenters. The van der Waals surface area contributed by atoms with Gasteiger partial charge in [0.15, 0.2) is 0 Å². The zero-order chi connectivity index (χ0) is 7.68. The molecule has 5 heteroatoms. The first-order chi connectivity index (χ1) is 5.36. The highest BCUT2D eigenvalue weighted by atomic mass is 15.4. The lowest BCUT2D eigenvalue weighted by Crippen LogP contribution is -2.36. The fourth-order valence-corrected chi connectivity index (χ4v) is 1.23. The Morgan fingerprint density at radius 1 is 1.55 bits per heavy atom. The van der Waals surface area contributed by atoms with Gasteiger partial charge in [-0.3, -0.25) is 0 Å². The van der Waals surface area contributed by atoms with Crippen LogP contribution >= 0.6 is 0 Å². The van der Waals surface area contributed by atoms with Crippen LogP contribution in [0, 0.1) is 0 Å². The number of nitrogens with one attached hydrogen (secondary N) is 3. The van der Waals surface area contributed by atoms with Gasteiger partial charge < -0.3 is 10.7 Å². The molecule has 0 radical (unpaired) electrons. The number of nitrogens with two attached hydrogens (primary N) is 1. The zero-order valence-electron chi connectivity index (χ0n) is 6.04. The van der Waals surface area contributed by atoms with E-state index in [1.807, 2.05) is 0 Å². The van der Waals surface area contributed by atoms with Gasteiger partial charge in [-0.15, -0.1) is 0 Å². The molecule has 0 saturated carbocycles. The summed E-state index contributed by atoms with van der Waals surface area (Å²) in [5, 5.41) is 0. The molecule has 1 saturated heterocycles. The maximum Gasteiger partial charge on any atom is 0.124 e. The third-order valence-corrected chi connectivity index (χ3v) is 1.78. The van der Waals surface area contributed by atoms with Crippen molar-refractivity contribution < 1.29 is 0 Å². The van der Waals surface area contributed by atoms with Crippen molar-refractivity contribution in [3.8, 4) is 0 Å². The lowest BCUT2D eigenvalue weighted by atomic mass is 10.2. The Kier molecular flexibility index (Phi) is 1.61. The van der Waals surface area contributed by atoms with Gasteiger partial charge in [-0.2, -0.15) is 0 Å². The second-order valence-electron chi connectivity index (χ2n) is 2.66. The molecule has 2 unspecified atom stereocenters. The van der Waals surface area contributed by atoms with Crippen molar-refractivity contribution in [3.63, 3.8) is 0 Å². The van der Waals surface area contributed by atoms with E-state index < -0.39 is 0 Å². The molecule has 1 aliphatic heterocycles. The van der Waals surface area contributed by atoms with Crippen molar-refractivity contribution in [2.45, 2.75) is 18.6 Å². The van der Waals surface area contributed by atoms with E-state index in [0.717, 1.165) is 12.2 Å². The maximum atomic E-state index is 5.62. The number of rotatable bonds is 1. The Morgan fingerprint density at radius 3 is 3.00 bits per heavy atom. The van der Waals surface area contributed by atoms with Crippen LogP contribution in [0.15, 0.2) is 12.4 Å². The molecule has 2 heterocycles. The summed E-state index contributed by atoms with van der Waals surface area (Å²) in [5.74, 6) is 0.936. The number of aromatic amines is 1. The van der Waals surface area contributed by atoms with Crippen molar-refractivity contribution in [1.29, 1.82) is 0 Å². The van der Waals surface area contributed by atoms with Crippen LogP contribution in [-0.4, -0.2) is 16.1 Å². The van der Waals surface area contributed by atoms with E-state index in [1.54, 1.807) is 12.4 Å². The smallest absolute Gasteiger partial charge is 0.124 e. The molecule has 1 aromatic heterocycles. The summed E-state index contributed by atoms with van der Waals surface area (Å²) >= 11 is 0. The van der Waals surface area contributed by atoms with E-state index in [0.29, 0.717) is 0 Å². The molecule has 0 spiro atoms. The van der Waals surface area contributed by atoms with Crippen molar-refractivity contribution >= 4 is 0 Å². The Hall–Kier alpha value is -0.910. The van der Waals surface area contributed by atoms with Crippen molar-refractivity contribution in [2.24, 2.45) is 5.73 Å². The summed E-state index contributed by atoms with van der Waals surface area (Å²) in [6.45, 7) is 0. The lowest BCUT2D eigenvalue weighted by Gasteiger charge is -2.03. The van der Waals surface area contributed by atoms with Gasteiger partial charge in [0, 0.05) is 18.8 Å². The van der Waals surface area contributed by atoms with Gasteiger partial charge in [-0.05, 0) is 0 Å². The van der Waals surface area contributed by atoms with Gasteiger partial charge in [0.1, 0.15) is 5.82 Å². The molecule has 5 nitrogen and oxygen atoms in total. The monoisotopic (exact) mass is 153 g/mol. The van der Waals surface area contributed by atoms with Crippen LogP contribution in [0.1, 0.15) is 18.3 Å². The van der Waals surface area contributed by atoms with Crippen LogP contribution in [0.3, 0.4) is 0 Å². The van der Waals surface area contributed by atoms with Crippen molar-refractivity contribution in [2.75, 3.05) is 0 Å². The molecule has 1 aromatic rings. The normalized spacial score (nSPS) is 31.0. The Morgan fingerprint density at radius 2 is 2.45 bits per heavy atom. The van der Waals surface area contributed by atoms with Crippen LogP contribution in [0.5, 0.6) is 0 Å². The number of nitrogens with zero attached hydrogens (tertiary/aromatic N) is 1. The van der Waals surface area contributed by atoms with Crippen LogP contribution in [-0.2, 0) is 0 Å². The second-order valence-corrected chi connectivity index (χ2v) is 2.66. The van der Waals surface area contributed by atoms with Crippen LogP contribution in [0.25, 0.3) is 0 Å². The summed E-state index contributed by atoms with van der Waals surface area (Å²) in [6, 6.07) is 0.222. The predicted molar refractivity (Wildman–Crippen MR) is 40.2 cm³/mol. The van der Waals surface area contributed by atoms with Crippen LogP contribution < -0.4 is 16.6 Å². The van der Waals surface area contributed by atoms with Crippen molar-refractivity contribution in [3.05, 3.63) is 18.2 Å². The first-order valence-electron chi connectivity index (χ1n) is 3.62. The van der Waals surface area contributed by atoms with Crippen LogP contribution in [0.4, 0.5) is 0 Å². The average Bonchev–Trinajstić information content (AvgIpc) is 2.55. The standard InChI is InChI=1S/C6H11N5/c7-5-3-4(10-11-5)6-8-1-2-9-6/h1-2,4-5,10-11H,3,7H2,(H,8,9). The predicted octanol–water partition coefficient (Wildman–Crippen LogP) is -0.766. The highest BCUT2D eigenvalue weighted by Gasteiger charge is 2.23. The highest BCUT2D eigenvalue weighted by molar-refractivity contribution is 4.98. The highest BCUT2D eigenvalue weighted by Crippen LogP contribution is 2.15. The molecule has 60 valence electrons. The Balaban J connectivity index is 2.08. The minimum Gasteiger partial charge on any atom is -0.347 e. The second kappa shape index (κ2) is 2.61. The van der Waals surface area contributed by atoms with E-state index in [9.17, 15) is 0 Å².